The summed E-state index contributed by atoms with van der Waals surface area (Å²) in [6.45, 7) is 5.62. The summed E-state index contributed by atoms with van der Waals surface area (Å²) >= 11 is 0. The van der Waals surface area contributed by atoms with Gasteiger partial charge in [-0.1, -0.05) is 43.9 Å². The van der Waals surface area contributed by atoms with Gasteiger partial charge in [-0.15, -0.1) is 6.58 Å². The molecule has 1 atom stereocenters. The van der Waals surface area contributed by atoms with Crippen LogP contribution in [0, 0.1) is 0 Å². The van der Waals surface area contributed by atoms with E-state index in [0.29, 0.717) is 0 Å². The van der Waals surface area contributed by atoms with Gasteiger partial charge in [0.05, 0.1) is 6.10 Å². The maximum Gasteiger partial charge on any atom is 0.0718 e. The van der Waals surface area contributed by atoms with Crippen LogP contribution < -0.4 is 0 Å². The van der Waals surface area contributed by atoms with Crippen LogP contribution in [0.3, 0.4) is 0 Å². The second kappa shape index (κ2) is 10.5. The number of hydrogen-bond acceptors (Lipinski definition) is 1. The van der Waals surface area contributed by atoms with Crippen molar-refractivity contribution < 1.29 is 5.11 Å². The van der Waals surface area contributed by atoms with E-state index in [9.17, 15) is 5.11 Å². The van der Waals surface area contributed by atoms with Gasteiger partial charge in [0.2, 0.25) is 0 Å². The third-order valence-electron chi connectivity index (χ3n) is 2.38. The van der Waals surface area contributed by atoms with Crippen LogP contribution in [0.4, 0.5) is 0 Å². The van der Waals surface area contributed by atoms with E-state index in [2.05, 4.69) is 25.7 Å². The quantitative estimate of drug-likeness (QED) is 0.439. The average Bonchev–Trinajstić information content (AvgIpc) is 2.21. The molecule has 0 saturated carbocycles. The first-order valence-electron chi connectivity index (χ1n) is 5.73. The van der Waals surface area contributed by atoms with Crippen molar-refractivity contribution in [1.29, 1.82) is 0 Å². The molecule has 0 heterocycles. The van der Waals surface area contributed by atoms with Crippen molar-refractivity contribution in [2.45, 2.75) is 58.0 Å². The predicted molar refractivity (Wildman–Crippen MR) is 63.3 cm³/mol. The lowest BCUT2D eigenvalue weighted by Gasteiger charge is -2.04. The number of unbranched alkanes of at least 4 members (excludes halogenated alkanes) is 5. The zero-order valence-corrected chi connectivity index (χ0v) is 9.41. The summed E-state index contributed by atoms with van der Waals surface area (Å²) in [5.74, 6) is 0. The van der Waals surface area contributed by atoms with Crippen molar-refractivity contribution in [2.75, 3.05) is 0 Å². The van der Waals surface area contributed by atoms with Gasteiger partial charge in [-0.3, -0.25) is 0 Å². The molecule has 1 unspecified atom stereocenters. The minimum atomic E-state index is -0.293. The van der Waals surface area contributed by atoms with Crippen LogP contribution in [-0.4, -0.2) is 11.2 Å². The molecular formula is C13H24O. The molecule has 0 aromatic carbocycles. The van der Waals surface area contributed by atoms with Crippen LogP contribution >= 0.6 is 0 Å². The van der Waals surface area contributed by atoms with E-state index >= 15 is 0 Å². The fourth-order valence-electron chi connectivity index (χ4n) is 1.43. The molecule has 0 aliphatic rings. The zero-order chi connectivity index (χ0) is 10.6. The van der Waals surface area contributed by atoms with E-state index < -0.39 is 0 Å². The molecule has 82 valence electrons. The highest BCUT2D eigenvalue weighted by molar-refractivity contribution is 4.77. The normalized spacial score (nSPS) is 13.3. The molecule has 1 N–H and O–H groups in total. The van der Waals surface area contributed by atoms with E-state index in [-0.39, 0.29) is 6.10 Å². The number of aliphatic hydroxyl groups is 1. The molecule has 14 heavy (non-hydrogen) atoms. The zero-order valence-electron chi connectivity index (χ0n) is 9.41. The predicted octanol–water partition coefficient (Wildman–Crippen LogP) is 3.84. The molecule has 1 nitrogen and oxygen atoms in total. The van der Waals surface area contributed by atoms with Crippen LogP contribution in [0.15, 0.2) is 24.8 Å². The number of rotatable bonds is 9. The third-order valence-corrected chi connectivity index (χ3v) is 2.38. The molecule has 0 fully saturated rings. The van der Waals surface area contributed by atoms with Gasteiger partial charge in [-0.2, -0.15) is 0 Å². The van der Waals surface area contributed by atoms with Crippen molar-refractivity contribution in [1.82, 2.24) is 0 Å². The van der Waals surface area contributed by atoms with Gasteiger partial charge in [0.15, 0.2) is 0 Å². The standard InChI is InChI=1S/C13H24O/c1-3-5-6-7-8-9-10-11-12-13(14)4-2/h3-5,13-14H,2,6-12H2,1H3. The average molecular weight is 196 g/mol. The van der Waals surface area contributed by atoms with E-state index in [1.807, 2.05) is 0 Å². The molecule has 0 bridgehead atoms. The first-order chi connectivity index (χ1) is 6.81. The topological polar surface area (TPSA) is 20.2 Å². The van der Waals surface area contributed by atoms with Crippen LogP contribution in [-0.2, 0) is 0 Å². The molecule has 0 radical (unpaired) electrons. The Morgan fingerprint density at radius 1 is 1.14 bits per heavy atom. The van der Waals surface area contributed by atoms with E-state index in [1.54, 1.807) is 6.08 Å². The monoisotopic (exact) mass is 196 g/mol. The van der Waals surface area contributed by atoms with Crippen molar-refractivity contribution in [3.63, 3.8) is 0 Å². The SMILES string of the molecule is C=CC(O)CCCCCCCC=CC. The highest BCUT2D eigenvalue weighted by Gasteiger charge is 1.96. The van der Waals surface area contributed by atoms with Gasteiger partial charge in [0, 0.05) is 0 Å². The van der Waals surface area contributed by atoms with Crippen LogP contribution in [0.5, 0.6) is 0 Å². The van der Waals surface area contributed by atoms with Gasteiger partial charge in [-0.05, 0) is 26.2 Å². The van der Waals surface area contributed by atoms with E-state index in [1.165, 1.54) is 32.1 Å². The first kappa shape index (κ1) is 13.4. The number of allylic oxidation sites excluding steroid dienone is 2. The van der Waals surface area contributed by atoms with Crippen LogP contribution in [0.25, 0.3) is 0 Å². The van der Waals surface area contributed by atoms with Gasteiger partial charge in [0.1, 0.15) is 0 Å². The fourth-order valence-corrected chi connectivity index (χ4v) is 1.43. The molecule has 0 aromatic heterocycles. The van der Waals surface area contributed by atoms with Gasteiger partial charge >= 0.3 is 0 Å². The molecule has 0 rings (SSSR count). The van der Waals surface area contributed by atoms with E-state index in [0.717, 1.165) is 12.8 Å². The second-order valence-corrected chi connectivity index (χ2v) is 3.72. The highest BCUT2D eigenvalue weighted by Crippen LogP contribution is 2.09. The Bertz CT molecular complexity index is 149. The minimum Gasteiger partial charge on any atom is -0.389 e. The Morgan fingerprint density at radius 3 is 2.43 bits per heavy atom. The summed E-state index contributed by atoms with van der Waals surface area (Å²) < 4.78 is 0. The Morgan fingerprint density at radius 2 is 1.79 bits per heavy atom. The minimum absolute atomic E-state index is 0.293. The Kier molecular flexibility index (Phi) is 10.1. The third kappa shape index (κ3) is 9.53. The summed E-state index contributed by atoms with van der Waals surface area (Å²) in [7, 11) is 0. The molecule has 0 aromatic rings. The summed E-state index contributed by atoms with van der Waals surface area (Å²) in [5, 5.41) is 9.20. The Labute approximate surface area is 88.5 Å². The van der Waals surface area contributed by atoms with Gasteiger partial charge in [0.25, 0.3) is 0 Å². The molecular weight excluding hydrogens is 172 g/mol. The van der Waals surface area contributed by atoms with Crippen molar-refractivity contribution in [3.8, 4) is 0 Å². The summed E-state index contributed by atoms with van der Waals surface area (Å²) in [6.07, 6.45) is 14.0. The van der Waals surface area contributed by atoms with Crippen LogP contribution in [0.2, 0.25) is 0 Å². The first-order valence-corrected chi connectivity index (χ1v) is 5.73. The number of hydrogen-bond donors (Lipinski definition) is 1. The Hall–Kier alpha value is -0.560. The molecule has 0 aliphatic heterocycles. The fraction of sp³-hybridized carbons (Fsp3) is 0.692. The molecule has 1 heteroatoms. The lowest BCUT2D eigenvalue weighted by molar-refractivity contribution is 0.208. The van der Waals surface area contributed by atoms with Crippen molar-refractivity contribution in [2.24, 2.45) is 0 Å². The lowest BCUT2D eigenvalue weighted by Crippen LogP contribution is -2.00. The van der Waals surface area contributed by atoms with Crippen molar-refractivity contribution >= 4 is 0 Å². The van der Waals surface area contributed by atoms with Crippen molar-refractivity contribution in [3.05, 3.63) is 24.8 Å². The highest BCUT2D eigenvalue weighted by atomic mass is 16.3. The smallest absolute Gasteiger partial charge is 0.0718 e. The molecule has 0 aliphatic carbocycles. The van der Waals surface area contributed by atoms with Crippen LogP contribution in [0.1, 0.15) is 51.9 Å². The second-order valence-electron chi connectivity index (χ2n) is 3.72. The molecule has 0 saturated heterocycles. The largest absolute Gasteiger partial charge is 0.389 e. The van der Waals surface area contributed by atoms with Gasteiger partial charge in [-0.25, -0.2) is 0 Å². The maximum absolute atomic E-state index is 9.20. The summed E-state index contributed by atoms with van der Waals surface area (Å²) in [4.78, 5) is 0. The summed E-state index contributed by atoms with van der Waals surface area (Å²) in [6, 6.07) is 0. The Balaban J connectivity index is 3.02. The number of aliphatic hydroxyl groups excluding tert-OH is 1. The molecule has 0 amide bonds. The van der Waals surface area contributed by atoms with E-state index in [4.69, 9.17) is 0 Å². The summed E-state index contributed by atoms with van der Waals surface area (Å²) in [5.41, 5.74) is 0. The lowest BCUT2D eigenvalue weighted by atomic mass is 10.1. The van der Waals surface area contributed by atoms with Gasteiger partial charge < -0.3 is 5.11 Å². The molecule has 0 spiro atoms. The maximum atomic E-state index is 9.20.